The molecule has 43 heavy (non-hydrogen) atoms. The number of carbonyl (C=O) groups is 1. The van der Waals surface area contributed by atoms with Gasteiger partial charge >= 0.3 is 13.7 Å². The molecule has 0 radical (unpaired) electrons. The normalized spacial score (nSPS) is 12.6. The summed E-state index contributed by atoms with van der Waals surface area (Å²) in [5, 5.41) is 2.78. The van der Waals surface area contributed by atoms with E-state index < -0.39 is 19.8 Å². The molecular formula is C36H74NO5P. The summed E-state index contributed by atoms with van der Waals surface area (Å²) in [6, 6.07) is -0.747. The van der Waals surface area contributed by atoms with Gasteiger partial charge in [0.2, 0.25) is 0 Å². The molecule has 0 aliphatic carbocycles. The zero-order valence-corrected chi connectivity index (χ0v) is 30.2. The van der Waals surface area contributed by atoms with E-state index in [1.165, 1.54) is 161 Å². The maximum atomic E-state index is 13.3. The van der Waals surface area contributed by atoms with Gasteiger partial charge in [0.05, 0.1) is 20.3 Å². The second-order valence-electron chi connectivity index (χ2n) is 12.7. The summed E-state index contributed by atoms with van der Waals surface area (Å²) in [5.41, 5.74) is 0. The van der Waals surface area contributed by atoms with Crippen molar-refractivity contribution in [2.45, 2.75) is 207 Å². The molecule has 0 heterocycles. The van der Waals surface area contributed by atoms with Gasteiger partial charge < -0.3 is 4.74 Å². The van der Waals surface area contributed by atoms with E-state index in [1.807, 2.05) is 0 Å². The van der Waals surface area contributed by atoms with Gasteiger partial charge in [-0.15, -0.1) is 0 Å². The van der Waals surface area contributed by atoms with Crippen molar-refractivity contribution in [1.82, 2.24) is 5.09 Å². The lowest BCUT2D eigenvalue weighted by atomic mass is 10.0. The fourth-order valence-corrected chi connectivity index (χ4v) is 7.08. The van der Waals surface area contributed by atoms with Crippen molar-refractivity contribution < 1.29 is 23.1 Å². The molecule has 0 fully saturated rings. The summed E-state index contributed by atoms with van der Waals surface area (Å²) in [4.78, 5) is 11.9. The van der Waals surface area contributed by atoms with E-state index in [-0.39, 0.29) is 0 Å². The SMILES string of the molecule is CCCCCCCCCCCCCCCCOP(=O)(N[C@@H](C)C(=O)OC)OCCCCCCCCCCCCCCCC. The first-order valence-electron chi connectivity index (χ1n) is 18.7. The number of methoxy groups -OCH3 is 1. The van der Waals surface area contributed by atoms with Crippen LogP contribution in [-0.2, 0) is 23.1 Å². The lowest BCUT2D eigenvalue weighted by molar-refractivity contribution is -0.142. The van der Waals surface area contributed by atoms with Gasteiger partial charge in [0.1, 0.15) is 6.04 Å². The summed E-state index contributed by atoms with van der Waals surface area (Å²) in [5.74, 6) is -0.472. The average Bonchev–Trinajstić information content (AvgIpc) is 3.00. The smallest absolute Gasteiger partial charge is 0.406 e. The highest BCUT2D eigenvalue weighted by atomic mass is 31.2. The number of nitrogens with one attached hydrogen (secondary N) is 1. The zero-order valence-electron chi connectivity index (χ0n) is 29.3. The third-order valence-electron chi connectivity index (χ3n) is 8.42. The Morgan fingerprint density at radius 2 is 0.767 bits per heavy atom. The fourth-order valence-electron chi connectivity index (χ4n) is 5.54. The van der Waals surface area contributed by atoms with E-state index in [4.69, 9.17) is 13.8 Å². The van der Waals surface area contributed by atoms with E-state index in [0.717, 1.165) is 25.7 Å². The second kappa shape index (κ2) is 33.0. The maximum Gasteiger partial charge on any atom is 0.406 e. The molecule has 0 aromatic heterocycles. The Bertz CT molecular complexity index is 595. The molecule has 1 atom stereocenters. The molecule has 0 amide bonds. The summed E-state index contributed by atoms with van der Waals surface area (Å²) in [6.45, 7) is 6.91. The number of carbonyl (C=O) groups excluding carboxylic acids is 1. The van der Waals surface area contributed by atoms with E-state index in [0.29, 0.717) is 13.2 Å². The molecule has 0 aromatic rings. The van der Waals surface area contributed by atoms with Crippen molar-refractivity contribution in [1.29, 1.82) is 0 Å². The first-order chi connectivity index (χ1) is 21.0. The molecule has 0 saturated heterocycles. The number of esters is 1. The van der Waals surface area contributed by atoms with Crippen LogP contribution in [0.2, 0.25) is 0 Å². The topological polar surface area (TPSA) is 73.9 Å². The Morgan fingerprint density at radius 3 is 1.02 bits per heavy atom. The molecular weight excluding hydrogens is 557 g/mol. The highest BCUT2D eigenvalue weighted by molar-refractivity contribution is 7.51. The number of ether oxygens (including phenoxy) is 1. The third kappa shape index (κ3) is 30.0. The van der Waals surface area contributed by atoms with Crippen LogP contribution in [0.1, 0.15) is 201 Å². The minimum absolute atomic E-state index is 0.370. The largest absolute Gasteiger partial charge is 0.468 e. The van der Waals surface area contributed by atoms with Crippen molar-refractivity contribution in [3.05, 3.63) is 0 Å². The van der Waals surface area contributed by atoms with Crippen LogP contribution in [-0.4, -0.2) is 32.3 Å². The molecule has 1 N–H and O–H groups in total. The van der Waals surface area contributed by atoms with Crippen LogP contribution in [0.15, 0.2) is 0 Å². The molecule has 258 valence electrons. The molecule has 7 heteroatoms. The average molecular weight is 632 g/mol. The number of unbranched alkanes of at least 4 members (excludes halogenated alkanes) is 26. The molecule has 0 aromatic carbocycles. The van der Waals surface area contributed by atoms with E-state index in [2.05, 4.69) is 18.9 Å². The van der Waals surface area contributed by atoms with Crippen molar-refractivity contribution in [2.24, 2.45) is 0 Å². The summed E-state index contributed by atoms with van der Waals surface area (Å²) in [6.07, 6.45) is 36.1. The molecule has 0 rings (SSSR count). The van der Waals surface area contributed by atoms with Crippen LogP contribution in [0.4, 0.5) is 0 Å². The number of hydrogen-bond donors (Lipinski definition) is 1. The second-order valence-corrected chi connectivity index (χ2v) is 14.5. The van der Waals surface area contributed by atoms with Gasteiger partial charge in [0, 0.05) is 0 Å². The first kappa shape index (κ1) is 42.6. The quantitative estimate of drug-likeness (QED) is 0.0426. The van der Waals surface area contributed by atoms with Crippen LogP contribution >= 0.6 is 7.75 Å². The highest BCUT2D eigenvalue weighted by Crippen LogP contribution is 2.44. The Labute approximate surface area is 268 Å². The van der Waals surface area contributed by atoms with Gasteiger partial charge in [-0.2, -0.15) is 0 Å². The molecule has 6 nitrogen and oxygen atoms in total. The van der Waals surface area contributed by atoms with Crippen LogP contribution in [0.3, 0.4) is 0 Å². The predicted molar refractivity (Wildman–Crippen MR) is 185 cm³/mol. The predicted octanol–water partition coefficient (Wildman–Crippen LogP) is 12.2. The molecule has 0 unspecified atom stereocenters. The van der Waals surface area contributed by atoms with E-state index in [9.17, 15) is 9.36 Å². The third-order valence-corrected chi connectivity index (χ3v) is 10.2. The molecule has 0 spiro atoms. The standard InChI is InChI=1S/C36H74NO5P/c1-5-7-9-11-13-15-17-19-21-23-25-27-29-31-33-41-43(39,37-35(3)36(38)40-4)42-34-32-30-28-26-24-22-20-18-16-14-12-10-8-6-2/h35H,5-34H2,1-4H3,(H,37,39)/t35-/m0/s1. The minimum atomic E-state index is -3.57. The van der Waals surface area contributed by atoms with Gasteiger partial charge in [0.15, 0.2) is 0 Å². The Hall–Kier alpha value is -0.420. The van der Waals surface area contributed by atoms with Gasteiger partial charge in [0.25, 0.3) is 0 Å². The van der Waals surface area contributed by atoms with Gasteiger partial charge in [-0.25, -0.2) is 9.65 Å². The number of rotatable bonds is 35. The number of hydrogen-bond acceptors (Lipinski definition) is 5. The van der Waals surface area contributed by atoms with Crippen LogP contribution in [0.25, 0.3) is 0 Å². The van der Waals surface area contributed by atoms with Crippen molar-refractivity contribution in [2.75, 3.05) is 20.3 Å². The van der Waals surface area contributed by atoms with Gasteiger partial charge in [-0.05, 0) is 19.8 Å². The summed E-state index contributed by atoms with van der Waals surface area (Å²) < 4.78 is 29.6. The summed E-state index contributed by atoms with van der Waals surface area (Å²) >= 11 is 0. The minimum Gasteiger partial charge on any atom is -0.468 e. The zero-order chi connectivity index (χ0) is 31.7. The van der Waals surface area contributed by atoms with E-state index >= 15 is 0 Å². The molecule has 0 saturated carbocycles. The fraction of sp³-hybridized carbons (Fsp3) is 0.972. The molecule has 0 bridgehead atoms. The van der Waals surface area contributed by atoms with Crippen LogP contribution < -0.4 is 5.09 Å². The van der Waals surface area contributed by atoms with Crippen LogP contribution in [0, 0.1) is 0 Å². The molecule has 0 aliphatic heterocycles. The van der Waals surface area contributed by atoms with Crippen molar-refractivity contribution >= 4 is 13.7 Å². The van der Waals surface area contributed by atoms with E-state index in [1.54, 1.807) is 6.92 Å². The Kier molecular flexibility index (Phi) is 32.6. The lowest BCUT2D eigenvalue weighted by Gasteiger charge is -2.22. The van der Waals surface area contributed by atoms with Gasteiger partial charge in [-0.3, -0.25) is 13.8 Å². The summed E-state index contributed by atoms with van der Waals surface area (Å²) in [7, 11) is -2.24. The molecule has 0 aliphatic rings. The Balaban J connectivity index is 3.93. The maximum absolute atomic E-state index is 13.3. The Morgan fingerprint density at radius 1 is 0.512 bits per heavy atom. The first-order valence-corrected chi connectivity index (χ1v) is 20.3. The highest BCUT2D eigenvalue weighted by Gasteiger charge is 2.30. The monoisotopic (exact) mass is 632 g/mol. The lowest BCUT2D eigenvalue weighted by Crippen LogP contribution is -2.34. The van der Waals surface area contributed by atoms with Crippen LogP contribution in [0.5, 0.6) is 0 Å². The van der Waals surface area contributed by atoms with Gasteiger partial charge in [-0.1, -0.05) is 181 Å². The van der Waals surface area contributed by atoms with Crippen molar-refractivity contribution in [3.8, 4) is 0 Å². The van der Waals surface area contributed by atoms with Crippen molar-refractivity contribution in [3.63, 3.8) is 0 Å².